The number of nitrogens with one attached hydrogen (secondary N) is 1. The van der Waals surface area contributed by atoms with Crippen LogP contribution in [-0.4, -0.2) is 20.6 Å². The van der Waals surface area contributed by atoms with Gasteiger partial charge in [-0.2, -0.15) is 13.5 Å². The van der Waals surface area contributed by atoms with Gasteiger partial charge < -0.3 is 4.74 Å². The molecule has 2 aromatic carbocycles. The maximum Gasteiger partial charge on any atom is 0.308 e. The highest BCUT2D eigenvalue weighted by Gasteiger charge is 2.11. The predicted octanol–water partition coefficient (Wildman–Crippen LogP) is 3.00. The molecular formula is C16H15BrN2O4S. The second kappa shape index (κ2) is 7.59. The SMILES string of the molecule is CC(=O)Oc1ccc(/C=N\NS(=O)(=O)c2ccc(C)cc2)cc1Br. The van der Waals surface area contributed by atoms with Gasteiger partial charge in [-0.15, -0.1) is 0 Å². The number of benzene rings is 2. The quantitative estimate of drug-likeness (QED) is 0.355. The number of nitrogens with zero attached hydrogens (tertiary/aromatic N) is 1. The molecule has 0 spiro atoms. The number of esters is 1. The van der Waals surface area contributed by atoms with E-state index >= 15 is 0 Å². The van der Waals surface area contributed by atoms with E-state index < -0.39 is 16.0 Å². The second-order valence-corrected chi connectivity index (χ2v) is 7.46. The van der Waals surface area contributed by atoms with Gasteiger partial charge in [0.05, 0.1) is 15.6 Å². The number of sulfonamides is 1. The molecule has 126 valence electrons. The zero-order chi connectivity index (χ0) is 17.7. The van der Waals surface area contributed by atoms with Crippen molar-refractivity contribution in [3.05, 3.63) is 58.1 Å². The molecule has 2 rings (SSSR count). The summed E-state index contributed by atoms with van der Waals surface area (Å²) in [6.07, 6.45) is 1.36. The van der Waals surface area contributed by atoms with Gasteiger partial charge in [0.2, 0.25) is 0 Å². The fraction of sp³-hybridized carbons (Fsp3) is 0.125. The maximum atomic E-state index is 12.1. The summed E-state index contributed by atoms with van der Waals surface area (Å²) in [4.78, 5) is 13.2. The maximum absolute atomic E-state index is 12.1. The molecular weight excluding hydrogens is 396 g/mol. The number of aryl methyl sites for hydroxylation is 1. The van der Waals surface area contributed by atoms with Crippen LogP contribution in [0, 0.1) is 6.92 Å². The Morgan fingerprint density at radius 2 is 1.88 bits per heavy atom. The lowest BCUT2D eigenvalue weighted by Gasteiger charge is -2.05. The molecule has 6 nitrogen and oxygen atoms in total. The van der Waals surface area contributed by atoms with Crippen molar-refractivity contribution in [2.24, 2.45) is 5.10 Å². The topological polar surface area (TPSA) is 84.8 Å². The van der Waals surface area contributed by atoms with E-state index in [-0.39, 0.29) is 4.90 Å². The average molecular weight is 411 g/mol. The van der Waals surface area contributed by atoms with Crippen LogP contribution in [-0.2, 0) is 14.8 Å². The first-order valence-electron chi connectivity index (χ1n) is 6.87. The van der Waals surface area contributed by atoms with Gasteiger partial charge in [-0.25, -0.2) is 4.83 Å². The first-order chi connectivity index (χ1) is 11.3. The minimum absolute atomic E-state index is 0.136. The number of carbonyl (C=O) groups is 1. The van der Waals surface area contributed by atoms with Crippen LogP contribution >= 0.6 is 15.9 Å². The van der Waals surface area contributed by atoms with E-state index in [1.54, 1.807) is 30.3 Å². The van der Waals surface area contributed by atoms with Crippen LogP contribution in [0.25, 0.3) is 0 Å². The molecule has 0 heterocycles. The molecule has 8 heteroatoms. The third kappa shape index (κ3) is 4.90. The van der Waals surface area contributed by atoms with Crippen molar-refractivity contribution < 1.29 is 17.9 Å². The highest BCUT2D eigenvalue weighted by Crippen LogP contribution is 2.25. The van der Waals surface area contributed by atoms with Gasteiger partial charge in [0.15, 0.2) is 0 Å². The van der Waals surface area contributed by atoms with Crippen molar-refractivity contribution in [3.63, 3.8) is 0 Å². The van der Waals surface area contributed by atoms with Crippen molar-refractivity contribution in [2.45, 2.75) is 18.7 Å². The minimum atomic E-state index is -3.71. The third-order valence-corrected chi connectivity index (χ3v) is 4.79. The van der Waals surface area contributed by atoms with E-state index in [4.69, 9.17) is 4.74 Å². The molecule has 0 radical (unpaired) electrons. The van der Waals surface area contributed by atoms with Gasteiger partial charge in [-0.1, -0.05) is 17.7 Å². The predicted molar refractivity (Wildman–Crippen MR) is 94.5 cm³/mol. The standard InChI is InChI=1S/C16H15BrN2O4S/c1-11-3-6-14(7-4-11)24(21,22)19-18-10-13-5-8-16(15(17)9-13)23-12(2)20/h3-10,19H,1-2H3/b18-10-. The van der Waals surface area contributed by atoms with Gasteiger partial charge in [0.25, 0.3) is 10.0 Å². The molecule has 0 unspecified atom stereocenters. The molecule has 1 N–H and O–H groups in total. The van der Waals surface area contributed by atoms with Gasteiger partial charge in [-0.3, -0.25) is 4.79 Å². The molecule has 0 aliphatic heterocycles. The Bertz CT molecular complexity index is 877. The van der Waals surface area contributed by atoms with E-state index in [2.05, 4.69) is 25.9 Å². The number of carbonyl (C=O) groups excluding carboxylic acids is 1. The molecule has 0 aliphatic rings. The van der Waals surface area contributed by atoms with Crippen LogP contribution in [0.5, 0.6) is 5.75 Å². The average Bonchev–Trinajstić information content (AvgIpc) is 2.50. The molecule has 0 amide bonds. The smallest absolute Gasteiger partial charge is 0.308 e. The first kappa shape index (κ1) is 18.2. The normalized spacial score (nSPS) is 11.5. The third-order valence-electron chi connectivity index (χ3n) is 2.93. The minimum Gasteiger partial charge on any atom is -0.426 e. The molecule has 2 aromatic rings. The van der Waals surface area contributed by atoms with Crippen molar-refractivity contribution >= 4 is 38.1 Å². The summed E-state index contributed by atoms with van der Waals surface area (Å²) in [6, 6.07) is 11.3. The van der Waals surface area contributed by atoms with E-state index in [1.807, 2.05) is 6.92 Å². The van der Waals surface area contributed by atoms with Crippen LogP contribution in [0.15, 0.2) is 56.9 Å². The van der Waals surface area contributed by atoms with Gasteiger partial charge >= 0.3 is 5.97 Å². The molecule has 0 aromatic heterocycles. The fourth-order valence-corrected chi connectivity index (χ4v) is 3.04. The molecule has 0 bridgehead atoms. The molecule has 0 saturated carbocycles. The largest absolute Gasteiger partial charge is 0.426 e. The lowest BCUT2D eigenvalue weighted by atomic mass is 10.2. The highest BCUT2D eigenvalue weighted by molar-refractivity contribution is 9.10. The summed E-state index contributed by atoms with van der Waals surface area (Å²) in [7, 11) is -3.71. The second-order valence-electron chi connectivity index (χ2n) is 4.95. The zero-order valence-electron chi connectivity index (χ0n) is 13.0. The Morgan fingerprint density at radius 1 is 1.21 bits per heavy atom. The Labute approximate surface area is 148 Å². The Kier molecular flexibility index (Phi) is 5.74. The molecule has 0 fully saturated rings. The Hall–Kier alpha value is -2.19. The van der Waals surface area contributed by atoms with Crippen LogP contribution in [0.2, 0.25) is 0 Å². The Balaban J connectivity index is 2.09. The van der Waals surface area contributed by atoms with E-state index in [0.29, 0.717) is 15.8 Å². The monoisotopic (exact) mass is 410 g/mol. The van der Waals surface area contributed by atoms with Crippen LogP contribution < -0.4 is 9.57 Å². The summed E-state index contributed by atoms with van der Waals surface area (Å²) in [5, 5.41) is 3.75. The number of rotatable bonds is 5. The molecule has 24 heavy (non-hydrogen) atoms. The van der Waals surface area contributed by atoms with Crippen molar-refractivity contribution in [1.82, 2.24) is 4.83 Å². The Morgan fingerprint density at radius 3 is 2.46 bits per heavy atom. The molecule has 0 atom stereocenters. The summed E-state index contributed by atoms with van der Waals surface area (Å²) >= 11 is 3.27. The van der Waals surface area contributed by atoms with Gasteiger partial charge in [0, 0.05) is 6.92 Å². The number of hydrogen-bond donors (Lipinski definition) is 1. The van der Waals surface area contributed by atoms with Crippen molar-refractivity contribution in [2.75, 3.05) is 0 Å². The summed E-state index contributed by atoms with van der Waals surface area (Å²) in [5.74, 6) is -0.0529. The summed E-state index contributed by atoms with van der Waals surface area (Å²) in [6.45, 7) is 3.18. The number of hydrazone groups is 1. The van der Waals surface area contributed by atoms with Crippen molar-refractivity contribution in [3.8, 4) is 5.75 Å². The number of halogens is 1. The van der Waals surface area contributed by atoms with Crippen LogP contribution in [0.1, 0.15) is 18.1 Å². The van der Waals surface area contributed by atoms with Gasteiger partial charge in [0.1, 0.15) is 5.75 Å². The lowest BCUT2D eigenvalue weighted by Crippen LogP contribution is -2.18. The van der Waals surface area contributed by atoms with E-state index in [0.717, 1.165) is 5.56 Å². The highest BCUT2D eigenvalue weighted by atomic mass is 79.9. The summed E-state index contributed by atoms with van der Waals surface area (Å²) in [5.41, 5.74) is 1.60. The van der Waals surface area contributed by atoms with Crippen molar-refractivity contribution in [1.29, 1.82) is 0 Å². The molecule has 0 aliphatic carbocycles. The van der Waals surface area contributed by atoms with Gasteiger partial charge in [-0.05, 0) is 58.7 Å². The number of hydrogen-bond acceptors (Lipinski definition) is 5. The van der Waals surface area contributed by atoms with Crippen LogP contribution in [0.4, 0.5) is 0 Å². The van der Waals surface area contributed by atoms with E-state index in [9.17, 15) is 13.2 Å². The first-order valence-corrected chi connectivity index (χ1v) is 9.15. The summed E-state index contributed by atoms with van der Waals surface area (Å²) < 4.78 is 29.7. The van der Waals surface area contributed by atoms with Crippen LogP contribution in [0.3, 0.4) is 0 Å². The molecule has 0 saturated heterocycles. The van der Waals surface area contributed by atoms with E-state index in [1.165, 1.54) is 25.3 Å². The fourth-order valence-electron chi connectivity index (χ4n) is 1.78. The lowest BCUT2D eigenvalue weighted by molar-refractivity contribution is -0.131. The zero-order valence-corrected chi connectivity index (χ0v) is 15.4. The number of ether oxygens (including phenoxy) is 1.